The van der Waals surface area contributed by atoms with Crippen LogP contribution in [0.5, 0.6) is 5.75 Å². The highest BCUT2D eigenvalue weighted by Gasteiger charge is 2.46. The predicted molar refractivity (Wildman–Crippen MR) is 138 cm³/mol. The quantitative estimate of drug-likeness (QED) is 0.187. The second-order valence-corrected chi connectivity index (χ2v) is 10.2. The van der Waals surface area contributed by atoms with E-state index in [1.54, 1.807) is 30.3 Å². The molecule has 0 spiro atoms. The van der Waals surface area contributed by atoms with Crippen LogP contribution in [0.3, 0.4) is 0 Å². The third kappa shape index (κ3) is 2.84. The van der Waals surface area contributed by atoms with Crippen LogP contribution in [0, 0.1) is 0 Å². The lowest BCUT2D eigenvalue weighted by Crippen LogP contribution is -2.56. The van der Waals surface area contributed by atoms with Crippen LogP contribution in [0.2, 0.25) is 5.02 Å². The molecular formula is C27H21ClN2O8. The molecule has 7 rings (SSSR count). The van der Waals surface area contributed by atoms with Gasteiger partial charge in [-0.2, -0.15) is 0 Å². The van der Waals surface area contributed by atoms with E-state index in [1.165, 1.54) is 10.6 Å². The molecule has 5 atom stereocenters. The number of benzene rings is 3. The first-order valence-corrected chi connectivity index (χ1v) is 12.4. The molecule has 0 amide bonds. The standard InChI is InChI=1S/C27H21ClN2O8/c28-11-5-1-4-10-17-19-14(34)7-13(33)18(19)16-9-3-2-6-12(32)20(9)29-21(16)23(17)30(22(10)11)27-26(37)25(36)24(35)15(8-31)38-27/h1-6,15,24-27,29,31-32,35-37H,7-8H2/t15-,24-,25+,26-,27-/m1/s1. The summed E-state index contributed by atoms with van der Waals surface area (Å²) in [6.07, 6.45) is -7.76. The first kappa shape index (κ1) is 23.6. The average molecular weight is 537 g/mol. The van der Waals surface area contributed by atoms with Gasteiger partial charge in [0.05, 0.1) is 40.1 Å². The van der Waals surface area contributed by atoms with E-state index in [9.17, 15) is 35.1 Å². The van der Waals surface area contributed by atoms with E-state index >= 15 is 0 Å². The van der Waals surface area contributed by atoms with Gasteiger partial charge < -0.3 is 39.8 Å². The predicted octanol–water partition coefficient (Wildman–Crippen LogP) is 2.53. The second kappa shape index (κ2) is 8.00. The Hall–Kier alpha value is -3.51. The van der Waals surface area contributed by atoms with Crippen molar-refractivity contribution in [3.63, 3.8) is 0 Å². The normalized spacial score (nSPS) is 25.9. The topological polar surface area (TPSA) is 165 Å². The number of ketones is 2. The molecule has 10 nitrogen and oxygen atoms in total. The number of Topliss-reactive ketones (excluding diaryl/α,β-unsaturated/α-hetero) is 2. The summed E-state index contributed by atoms with van der Waals surface area (Å²) in [4.78, 5) is 29.7. The molecule has 11 heteroatoms. The van der Waals surface area contributed by atoms with Crippen LogP contribution in [0.1, 0.15) is 33.4 Å². The van der Waals surface area contributed by atoms with Crippen LogP contribution < -0.4 is 0 Å². The summed E-state index contributed by atoms with van der Waals surface area (Å²) in [5.41, 5.74) is 1.89. The number of aromatic nitrogens is 2. The van der Waals surface area contributed by atoms with Crippen LogP contribution in [-0.4, -0.2) is 77.7 Å². The van der Waals surface area contributed by atoms with E-state index in [1.807, 2.05) is 0 Å². The molecule has 0 bridgehead atoms. The molecule has 3 heterocycles. The summed E-state index contributed by atoms with van der Waals surface area (Å²) >= 11 is 6.69. The number of carbonyl (C=O) groups is 2. The molecule has 0 unspecified atom stereocenters. The molecule has 6 N–H and O–H groups in total. The molecule has 194 valence electrons. The smallest absolute Gasteiger partial charge is 0.172 e. The van der Waals surface area contributed by atoms with E-state index in [0.717, 1.165) is 0 Å². The van der Waals surface area contributed by atoms with Crippen molar-refractivity contribution in [1.82, 2.24) is 9.55 Å². The van der Waals surface area contributed by atoms with E-state index in [0.29, 0.717) is 43.6 Å². The van der Waals surface area contributed by atoms with Gasteiger partial charge in [-0.3, -0.25) is 9.59 Å². The van der Waals surface area contributed by atoms with Crippen LogP contribution in [0.4, 0.5) is 0 Å². The van der Waals surface area contributed by atoms with Crippen LogP contribution in [-0.2, 0) is 4.74 Å². The van der Waals surface area contributed by atoms with Crippen LogP contribution in [0.25, 0.3) is 43.6 Å². The van der Waals surface area contributed by atoms with Gasteiger partial charge in [-0.05, 0) is 12.1 Å². The number of H-pyrrole nitrogens is 1. The number of carbonyl (C=O) groups excluding carboxylic acids is 2. The molecule has 2 aromatic heterocycles. The Morgan fingerprint density at radius 1 is 0.895 bits per heavy atom. The van der Waals surface area contributed by atoms with Gasteiger partial charge in [0, 0.05) is 32.7 Å². The maximum absolute atomic E-state index is 13.3. The van der Waals surface area contributed by atoms with Gasteiger partial charge in [-0.15, -0.1) is 0 Å². The number of nitrogens with zero attached hydrogens (tertiary/aromatic N) is 1. The Kier molecular flexibility index (Phi) is 4.97. The maximum Gasteiger partial charge on any atom is 0.172 e. The summed E-state index contributed by atoms with van der Waals surface area (Å²) in [5, 5.41) is 54.6. The van der Waals surface area contributed by atoms with Crippen molar-refractivity contribution in [2.75, 3.05) is 6.61 Å². The number of nitrogens with one attached hydrogen (secondary N) is 1. The summed E-state index contributed by atoms with van der Waals surface area (Å²) < 4.78 is 7.47. The van der Waals surface area contributed by atoms with Gasteiger partial charge in [-0.25, -0.2) is 0 Å². The van der Waals surface area contributed by atoms with Gasteiger partial charge in [0.15, 0.2) is 17.8 Å². The molecule has 1 saturated heterocycles. The molecule has 38 heavy (non-hydrogen) atoms. The van der Waals surface area contributed by atoms with E-state index < -0.39 is 37.3 Å². The summed E-state index contributed by atoms with van der Waals surface area (Å²) in [6.45, 7) is -0.635. The number of aliphatic hydroxyl groups is 4. The van der Waals surface area contributed by atoms with Gasteiger partial charge in [0.1, 0.15) is 30.2 Å². The SMILES string of the molecule is O=C1CC(=O)c2c1c1c3cccc(O)c3[nH]c1c1c2c2cccc(Cl)c2n1[C@@H]1O[C@H](CO)[C@@H](O)[C@H](O)[C@H]1O. The van der Waals surface area contributed by atoms with Gasteiger partial charge in [-0.1, -0.05) is 35.9 Å². The third-order valence-corrected chi connectivity index (χ3v) is 8.08. The monoisotopic (exact) mass is 536 g/mol. The largest absolute Gasteiger partial charge is 0.506 e. The van der Waals surface area contributed by atoms with Crippen LogP contribution in [0.15, 0.2) is 36.4 Å². The van der Waals surface area contributed by atoms with E-state index in [-0.39, 0.29) is 39.9 Å². The molecule has 1 aliphatic heterocycles. The zero-order valence-electron chi connectivity index (χ0n) is 19.6. The number of hydrogen-bond acceptors (Lipinski definition) is 8. The van der Waals surface area contributed by atoms with Crippen molar-refractivity contribution in [2.45, 2.75) is 37.1 Å². The third-order valence-electron chi connectivity index (χ3n) is 7.77. The number of phenolic OH excluding ortho intramolecular Hbond substituents is 1. The van der Waals surface area contributed by atoms with Crippen molar-refractivity contribution >= 4 is 66.8 Å². The molecule has 2 aliphatic rings. The fourth-order valence-corrected chi connectivity index (χ4v) is 6.41. The Bertz CT molecular complexity index is 1850. The minimum Gasteiger partial charge on any atom is -0.506 e. The number of aromatic hydroxyl groups is 1. The molecule has 5 aromatic rings. The van der Waals surface area contributed by atoms with Gasteiger partial charge in [0.2, 0.25) is 0 Å². The second-order valence-electron chi connectivity index (χ2n) is 9.80. The molecule has 0 saturated carbocycles. The number of hydrogen-bond donors (Lipinski definition) is 6. The molecule has 0 radical (unpaired) electrons. The Morgan fingerprint density at radius 2 is 1.58 bits per heavy atom. The number of para-hydroxylation sites is 2. The highest BCUT2D eigenvalue weighted by molar-refractivity contribution is 6.42. The number of ether oxygens (including phenoxy) is 1. The first-order chi connectivity index (χ1) is 18.2. The van der Waals surface area contributed by atoms with E-state index in [2.05, 4.69) is 4.98 Å². The number of halogens is 1. The Morgan fingerprint density at radius 3 is 2.32 bits per heavy atom. The summed E-state index contributed by atoms with van der Waals surface area (Å²) in [5.74, 6) is -0.790. The molecule has 3 aromatic carbocycles. The van der Waals surface area contributed by atoms with Crippen molar-refractivity contribution in [1.29, 1.82) is 0 Å². The highest BCUT2D eigenvalue weighted by atomic mass is 35.5. The zero-order valence-corrected chi connectivity index (χ0v) is 20.3. The number of fused-ring (bicyclic) bond motifs is 10. The van der Waals surface area contributed by atoms with Crippen molar-refractivity contribution in [3.05, 3.63) is 52.5 Å². The van der Waals surface area contributed by atoms with Crippen molar-refractivity contribution < 1.29 is 39.9 Å². The fourth-order valence-electron chi connectivity index (χ4n) is 6.14. The lowest BCUT2D eigenvalue weighted by Gasteiger charge is -2.41. The number of aromatic amines is 1. The van der Waals surface area contributed by atoms with Gasteiger partial charge in [0.25, 0.3) is 0 Å². The number of rotatable bonds is 2. The average Bonchev–Trinajstić information content (AvgIpc) is 3.53. The lowest BCUT2D eigenvalue weighted by molar-refractivity contribution is -0.249. The van der Waals surface area contributed by atoms with Crippen molar-refractivity contribution in [3.8, 4) is 5.75 Å². The minimum absolute atomic E-state index is 0.0640. The zero-order chi connectivity index (χ0) is 26.6. The lowest BCUT2D eigenvalue weighted by atomic mass is 9.96. The van der Waals surface area contributed by atoms with E-state index in [4.69, 9.17) is 16.3 Å². The molecule has 1 fully saturated rings. The first-order valence-electron chi connectivity index (χ1n) is 12.0. The molecule has 1 aliphatic carbocycles. The maximum atomic E-state index is 13.3. The number of aliphatic hydroxyl groups excluding tert-OH is 4. The molecular weight excluding hydrogens is 516 g/mol. The fraction of sp³-hybridized carbons (Fsp3) is 0.259. The Balaban J connectivity index is 1.74. The minimum atomic E-state index is -1.67. The van der Waals surface area contributed by atoms with Crippen molar-refractivity contribution in [2.24, 2.45) is 0 Å². The van der Waals surface area contributed by atoms with Gasteiger partial charge >= 0.3 is 0 Å². The van der Waals surface area contributed by atoms with Crippen LogP contribution >= 0.6 is 11.6 Å². The summed E-state index contributed by atoms with van der Waals surface area (Å²) in [6, 6.07) is 9.89. The highest BCUT2D eigenvalue weighted by Crippen LogP contribution is 2.49. The Labute approximate surface area is 218 Å². The summed E-state index contributed by atoms with van der Waals surface area (Å²) in [7, 11) is 0. The number of phenols is 1.